The summed E-state index contributed by atoms with van der Waals surface area (Å²) >= 11 is 0. The van der Waals surface area contributed by atoms with Crippen LogP contribution in [0, 0.1) is 0 Å². The third-order valence-corrected chi connectivity index (χ3v) is 3.83. The number of guanidine groups is 1. The van der Waals surface area contributed by atoms with Crippen LogP contribution in [0.3, 0.4) is 0 Å². The molecule has 0 aliphatic rings. The molecule has 2 N–H and O–H groups in total. The van der Waals surface area contributed by atoms with E-state index in [1.165, 1.54) is 11.1 Å². The average molecular weight is 452 g/mol. The van der Waals surface area contributed by atoms with Gasteiger partial charge in [0.15, 0.2) is 5.96 Å². The van der Waals surface area contributed by atoms with Crippen molar-refractivity contribution in [1.82, 2.24) is 15.5 Å². The fourth-order valence-corrected chi connectivity index (χ4v) is 2.53. The molecule has 0 heterocycles. The summed E-state index contributed by atoms with van der Waals surface area (Å²) < 4.78 is 0. The fourth-order valence-electron chi connectivity index (χ4n) is 2.53. The third kappa shape index (κ3) is 8.88. The lowest BCUT2D eigenvalue weighted by Crippen LogP contribution is -2.38. The maximum atomic E-state index is 4.27. The van der Waals surface area contributed by atoms with E-state index in [2.05, 4.69) is 82.2 Å². The molecule has 25 heavy (non-hydrogen) atoms. The second-order valence-corrected chi connectivity index (χ2v) is 5.92. The molecule has 4 nitrogen and oxygen atoms in total. The lowest BCUT2D eigenvalue weighted by atomic mass is 10.2. The molecular weight excluding hydrogens is 423 g/mol. The first-order valence-corrected chi connectivity index (χ1v) is 8.49. The van der Waals surface area contributed by atoms with Gasteiger partial charge in [0.25, 0.3) is 0 Å². The zero-order valence-electron chi connectivity index (χ0n) is 15.1. The van der Waals surface area contributed by atoms with E-state index in [9.17, 15) is 0 Å². The van der Waals surface area contributed by atoms with E-state index in [0.717, 1.165) is 38.6 Å². The molecule has 0 bridgehead atoms. The van der Waals surface area contributed by atoms with Crippen LogP contribution >= 0.6 is 24.0 Å². The zero-order valence-corrected chi connectivity index (χ0v) is 17.4. The van der Waals surface area contributed by atoms with Crippen molar-refractivity contribution >= 4 is 29.9 Å². The van der Waals surface area contributed by atoms with E-state index in [1.54, 1.807) is 0 Å². The van der Waals surface area contributed by atoms with Gasteiger partial charge in [0.05, 0.1) is 0 Å². The van der Waals surface area contributed by atoms with Gasteiger partial charge in [0.1, 0.15) is 0 Å². The maximum absolute atomic E-state index is 4.27. The number of halogens is 1. The Morgan fingerprint density at radius 1 is 0.920 bits per heavy atom. The molecule has 2 aromatic rings. The van der Waals surface area contributed by atoms with Crippen LogP contribution in [0.5, 0.6) is 0 Å². The highest BCUT2D eigenvalue weighted by Crippen LogP contribution is 2.02. The monoisotopic (exact) mass is 452 g/mol. The summed E-state index contributed by atoms with van der Waals surface area (Å²) in [5.41, 5.74) is 2.61. The molecule has 0 aliphatic carbocycles. The summed E-state index contributed by atoms with van der Waals surface area (Å²) in [5.74, 6) is 0.851. The normalized spacial score (nSPS) is 11.1. The standard InChI is InChI=1S/C20H28N4.HI/c1-21-20(23-16-18-10-5-3-6-11-18)22-14-9-15-24(2)17-19-12-7-4-8-13-19;/h3-8,10-13H,9,14-17H2,1-2H3,(H2,21,22,23);1H. The number of nitrogens with zero attached hydrogens (tertiary/aromatic N) is 2. The number of benzene rings is 2. The lowest BCUT2D eigenvalue weighted by molar-refractivity contribution is 0.322. The third-order valence-electron chi connectivity index (χ3n) is 3.83. The molecular formula is C20H29IN4. The SMILES string of the molecule is CN=C(NCCCN(C)Cc1ccccc1)NCc1ccccc1.I. The predicted molar refractivity (Wildman–Crippen MR) is 117 cm³/mol. The molecule has 2 rings (SSSR count). The topological polar surface area (TPSA) is 39.7 Å². The van der Waals surface area contributed by atoms with Crippen LogP contribution in [0.1, 0.15) is 17.5 Å². The fraction of sp³-hybridized carbons (Fsp3) is 0.350. The van der Waals surface area contributed by atoms with E-state index in [4.69, 9.17) is 0 Å². The predicted octanol–water partition coefficient (Wildman–Crippen LogP) is 3.49. The summed E-state index contributed by atoms with van der Waals surface area (Å²) in [4.78, 5) is 6.61. The summed E-state index contributed by atoms with van der Waals surface area (Å²) in [7, 11) is 3.97. The molecule has 0 aliphatic heterocycles. The van der Waals surface area contributed by atoms with Crippen molar-refractivity contribution in [1.29, 1.82) is 0 Å². The molecule has 0 saturated heterocycles. The van der Waals surface area contributed by atoms with Crippen LogP contribution in [0.2, 0.25) is 0 Å². The van der Waals surface area contributed by atoms with Gasteiger partial charge < -0.3 is 15.5 Å². The van der Waals surface area contributed by atoms with Crippen LogP contribution in [-0.2, 0) is 13.1 Å². The van der Waals surface area contributed by atoms with E-state index < -0.39 is 0 Å². The Morgan fingerprint density at radius 2 is 1.52 bits per heavy atom. The number of hydrogen-bond donors (Lipinski definition) is 2. The summed E-state index contributed by atoms with van der Waals surface area (Å²) in [5, 5.41) is 6.71. The maximum Gasteiger partial charge on any atom is 0.191 e. The van der Waals surface area contributed by atoms with Crippen molar-refractivity contribution in [2.75, 3.05) is 27.2 Å². The first kappa shape index (κ1) is 21.4. The van der Waals surface area contributed by atoms with Crippen LogP contribution < -0.4 is 10.6 Å². The first-order chi connectivity index (χ1) is 11.8. The average Bonchev–Trinajstić information content (AvgIpc) is 2.63. The lowest BCUT2D eigenvalue weighted by Gasteiger charge is -2.17. The summed E-state index contributed by atoms with van der Waals surface area (Å²) in [6.45, 7) is 3.74. The number of hydrogen-bond acceptors (Lipinski definition) is 2. The van der Waals surface area contributed by atoms with Crippen molar-refractivity contribution < 1.29 is 0 Å². The van der Waals surface area contributed by atoms with Crippen LogP contribution in [-0.4, -0.2) is 38.0 Å². The van der Waals surface area contributed by atoms with Crippen molar-refractivity contribution in [2.45, 2.75) is 19.5 Å². The summed E-state index contributed by atoms with van der Waals surface area (Å²) in [6, 6.07) is 20.9. The largest absolute Gasteiger partial charge is 0.356 e. The molecule has 0 spiro atoms. The molecule has 0 saturated carbocycles. The van der Waals surface area contributed by atoms with Gasteiger partial charge in [-0.2, -0.15) is 0 Å². The molecule has 0 atom stereocenters. The quantitative estimate of drug-likeness (QED) is 0.279. The van der Waals surface area contributed by atoms with Crippen LogP contribution in [0.15, 0.2) is 65.7 Å². The second kappa shape index (κ2) is 12.7. The summed E-state index contributed by atoms with van der Waals surface area (Å²) in [6.07, 6.45) is 1.08. The van der Waals surface area contributed by atoms with E-state index >= 15 is 0 Å². The van der Waals surface area contributed by atoms with Gasteiger partial charge in [0.2, 0.25) is 0 Å². The highest BCUT2D eigenvalue weighted by atomic mass is 127. The van der Waals surface area contributed by atoms with Crippen molar-refractivity contribution in [3.63, 3.8) is 0 Å². The molecule has 0 amide bonds. The second-order valence-electron chi connectivity index (χ2n) is 5.92. The van der Waals surface area contributed by atoms with Crippen molar-refractivity contribution in [2.24, 2.45) is 4.99 Å². The number of rotatable bonds is 8. The van der Waals surface area contributed by atoms with Crippen molar-refractivity contribution in [3.05, 3.63) is 71.8 Å². The Kier molecular flexibility index (Phi) is 10.9. The molecule has 0 aromatic heterocycles. The van der Waals surface area contributed by atoms with Crippen LogP contribution in [0.25, 0.3) is 0 Å². The van der Waals surface area contributed by atoms with Crippen molar-refractivity contribution in [3.8, 4) is 0 Å². The Morgan fingerprint density at radius 3 is 2.12 bits per heavy atom. The van der Waals surface area contributed by atoms with Gasteiger partial charge in [-0.25, -0.2) is 0 Å². The number of nitrogens with one attached hydrogen (secondary N) is 2. The Labute approximate surface area is 168 Å². The Hall–Kier alpha value is -1.60. The van der Waals surface area contributed by atoms with Gasteiger partial charge in [-0.15, -0.1) is 24.0 Å². The first-order valence-electron chi connectivity index (χ1n) is 8.49. The molecule has 2 aromatic carbocycles. The van der Waals surface area contributed by atoms with Gasteiger partial charge in [0, 0.05) is 26.7 Å². The van der Waals surface area contributed by atoms with Gasteiger partial charge in [-0.05, 0) is 31.1 Å². The Balaban J connectivity index is 0.00000312. The molecule has 0 fully saturated rings. The number of aliphatic imine (C=N–C) groups is 1. The molecule has 136 valence electrons. The van der Waals surface area contributed by atoms with E-state index in [1.807, 2.05) is 13.1 Å². The van der Waals surface area contributed by atoms with E-state index in [-0.39, 0.29) is 24.0 Å². The Bertz CT molecular complexity index is 602. The zero-order chi connectivity index (χ0) is 17.0. The van der Waals surface area contributed by atoms with Crippen LogP contribution in [0.4, 0.5) is 0 Å². The minimum atomic E-state index is 0. The molecule has 0 radical (unpaired) electrons. The minimum Gasteiger partial charge on any atom is -0.356 e. The smallest absolute Gasteiger partial charge is 0.191 e. The minimum absolute atomic E-state index is 0. The molecule has 0 unspecified atom stereocenters. The highest BCUT2D eigenvalue weighted by molar-refractivity contribution is 14.0. The van der Waals surface area contributed by atoms with E-state index in [0.29, 0.717) is 0 Å². The van der Waals surface area contributed by atoms with Gasteiger partial charge >= 0.3 is 0 Å². The van der Waals surface area contributed by atoms with Gasteiger partial charge in [-0.3, -0.25) is 4.99 Å². The molecule has 5 heteroatoms. The highest BCUT2D eigenvalue weighted by Gasteiger charge is 2.01. The van der Waals surface area contributed by atoms with Gasteiger partial charge in [-0.1, -0.05) is 60.7 Å².